The van der Waals surface area contributed by atoms with Crippen molar-refractivity contribution in [2.75, 3.05) is 13.1 Å². The maximum Gasteiger partial charge on any atom is 0.271 e. The summed E-state index contributed by atoms with van der Waals surface area (Å²) in [4.78, 5) is 18.5. The topological polar surface area (TPSA) is 57.3 Å². The molecule has 1 saturated heterocycles. The summed E-state index contributed by atoms with van der Waals surface area (Å²) in [5.74, 6) is -0.182. The summed E-state index contributed by atoms with van der Waals surface area (Å²) in [5, 5.41) is 0. The Morgan fingerprint density at radius 2 is 2.09 bits per heavy atom. The molecule has 2 N–H and O–H groups in total. The third-order valence-electron chi connectivity index (χ3n) is 4.26. The lowest BCUT2D eigenvalue weighted by molar-refractivity contribution is 0.0938. The van der Waals surface area contributed by atoms with Gasteiger partial charge in [-0.1, -0.05) is 19.9 Å². The number of aromatic nitrogens is 1. The van der Waals surface area contributed by atoms with Crippen molar-refractivity contribution in [3.63, 3.8) is 0 Å². The van der Waals surface area contributed by atoms with Crippen LogP contribution >= 0.6 is 0 Å². The number of hydrogen-bond acceptors (Lipinski definition) is 4. The van der Waals surface area contributed by atoms with Crippen molar-refractivity contribution in [3.8, 4) is 0 Å². The molecule has 1 fully saturated rings. The highest BCUT2D eigenvalue weighted by molar-refractivity contribution is 5.93. The van der Waals surface area contributed by atoms with E-state index in [1.165, 1.54) is 18.5 Å². The molecule has 0 unspecified atom stereocenters. The fourth-order valence-corrected chi connectivity index (χ4v) is 3.19. The highest BCUT2D eigenvalue weighted by atomic mass is 16.2. The van der Waals surface area contributed by atoms with Gasteiger partial charge in [-0.05, 0) is 42.9 Å². The molecule has 0 bridgehead atoms. The summed E-state index contributed by atoms with van der Waals surface area (Å²) >= 11 is 0. The third-order valence-corrected chi connectivity index (χ3v) is 4.26. The van der Waals surface area contributed by atoms with Gasteiger partial charge in [0.25, 0.3) is 5.91 Å². The molecule has 1 aliphatic carbocycles. The molecule has 5 heteroatoms. The molecule has 0 atom stereocenters. The Kier molecular flexibility index (Phi) is 4.37. The molecule has 0 spiro atoms. The Morgan fingerprint density at radius 1 is 1.30 bits per heavy atom. The summed E-state index contributed by atoms with van der Waals surface area (Å²) in [6.07, 6.45) is 11.1. The minimum absolute atomic E-state index is 0.0774. The van der Waals surface area contributed by atoms with Crippen LogP contribution in [0.4, 0.5) is 0 Å². The SMILES string of the molecule is CC1(C)C=C(NNC(=O)c2cccnc2)C=C(N2CCCC2)C1. The number of nitrogens with one attached hydrogen (secondary N) is 2. The molecule has 0 saturated carbocycles. The quantitative estimate of drug-likeness (QED) is 0.839. The van der Waals surface area contributed by atoms with Crippen LogP contribution in [0.2, 0.25) is 0 Å². The van der Waals surface area contributed by atoms with E-state index in [-0.39, 0.29) is 11.3 Å². The van der Waals surface area contributed by atoms with Gasteiger partial charge in [0.2, 0.25) is 0 Å². The van der Waals surface area contributed by atoms with E-state index in [4.69, 9.17) is 0 Å². The zero-order chi connectivity index (χ0) is 16.3. The van der Waals surface area contributed by atoms with E-state index in [9.17, 15) is 4.79 Å². The fourth-order valence-electron chi connectivity index (χ4n) is 3.19. The van der Waals surface area contributed by atoms with Gasteiger partial charge in [0, 0.05) is 31.2 Å². The van der Waals surface area contributed by atoms with E-state index < -0.39 is 0 Å². The lowest BCUT2D eigenvalue weighted by atomic mass is 9.83. The van der Waals surface area contributed by atoms with Gasteiger partial charge in [0.1, 0.15) is 0 Å². The third kappa shape index (κ3) is 3.92. The van der Waals surface area contributed by atoms with Crippen LogP contribution in [-0.4, -0.2) is 28.9 Å². The van der Waals surface area contributed by atoms with Gasteiger partial charge >= 0.3 is 0 Å². The van der Waals surface area contributed by atoms with E-state index in [1.807, 2.05) is 0 Å². The smallest absolute Gasteiger partial charge is 0.271 e. The lowest BCUT2D eigenvalue weighted by Crippen LogP contribution is -2.38. The molecule has 1 aromatic rings. The van der Waals surface area contributed by atoms with Gasteiger partial charge in [-0.15, -0.1) is 0 Å². The van der Waals surface area contributed by atoms with Crippen molar-refractivity contribution in [1.82, 2.24) is 20.7 Å². The largest absolute Gasteiger partial charge is 0.375 e. The van der Waals surface area contributed by atoms with Gasteiger partial charge in [-0.25, -0.2) is 0 Å². The number of nitrogens with zero attached hydrogens (tertiary/aromatic N) is 2. The van der Waals surface area contributed by atoms with Gasteiger partial charge in [0.15, 0.2) is 0 Å². The molecule has 5 nitrogen and oxygen atoms in total. The second-order valence-corrected chi connectivity index (χ2v) is 6.92. The molecular weight excluding hydrogens is 288 g/mol. The number of likely N-dealkylation sites (tertiary alicyclic amines) is 1. The minimum Gasteiger partial charge on any atom is -0.375 e. The highest BCUT2D eigenvalue weighted by Crippen LogP contribution is 2.35. The summed E-state index contributed by atoms with van der Waals surface area (Å²) in [6.45, 7) is 6.72. The minimum atomic E-state index is -0.182. The molecule has 3 rings (SSSR count). The van der Waals surface area contributed by atoms with Crippen LogP contribution in [0.15, 0.2) is 48.1 Å². The molecule has 0 aromatic carbocycles. The highest BCUT2D eigenvalue weighted by Gasteiger charge is 2.26. The van der Waals surface area contributed by atoms with Crippen molar-refractivity contribution in [2.45, 2.75) is 33.1 Å². The Labute approximate surface area is 137 Å². The molecule has 122 valence electrons. The van der Waals surface area contributed by atoms with Crippen LogP contribution in [0.25, 0.3) is 0 Å². The predicted molar refractivity (Wildman–Crippen MR) is 90.2 cm³/mol. The average Bonchev–Trinajstić information content (AvgIpc) is 3.06. The van der Waals surface area contributed by atoms with E-state index >= 15 is 0 Å². The maximum absolute atomic E-state index is 12.1. The van der Waals surface area contributed by atoms with Crippen LogP contribution in [0.5, 0.6) is 0 Å². The molecule has 2 heterocycles. The van der Waals surface area contributed by atoms with E-state index in [0.717, 1.165) is 25.2 Å². The van der Waals surface area contributed by atoms with E-state index in [0.29, 0.717) is 5.56 Å². The van der Waals surface area contributed by atoms with Crippen LogP contribution in [-0.2, 0) is 0 Å². The molecule has 2 aliphatic rings. The standard InChI is InChI=1S/C18H24N4O/c1-18(2)11-15(10-16(12-18)22-8-3-4-9-22)20-21-17(23)14-6-5-7-19-13-14/h5-7,10-11,13,20H,3-4,8-9,12H2,1-2H3,(H,21,23). The first-order valence-corrected chi connectivity index (χ1v) is 8.18. The van der Waals surface area contributed by atoms with E-state index in [1.54, 1.807) is 24.5 Å². The Morgan fingerprint density at radius 3 is 2.78 bits per heavy atom. The average molecular weight is 312 g/mol. The number of hydrogen-bond donors (Lipinski definition) is 2. The second-order valence-electron chi connectivity index (χ2n) is 6.92. The van der Waals surface area contributed by atoms with Crippen molar-refractivity contribution in [3.05, 3.63) is 53.6 Å². The molecule has 1 aliphatic heterocycles. The van der Waals surface area contributed by atoms with Crippen LogP contribution in [0, 0.1) is 5.41 Å². The van der Waals surface area contributed by atoms with Crippen LogP contribution in [0.1, 0.15) is 43.5 Å². The zero-order valence-electron chi connectivity index (χ0n) is 13.8. The molecular formula is C18H24N4O. The number of pyridine rings is 1. The Hall–Kier alpha value is -2.30. The summed E-state index contributed by atoms with van der Waals surface area (Å²) < 4.78 is 0. The van der Waals surface area contributed by atoms with Gasteiger partial charge in [-0.3, -0.25) is 20.6 Å². The fraction of sp³-hybridized carbons (Fsp3) is 0.444. The molecule has 0 radical (unpaired) electrons. The number of allylic oxidation sites excluding steroid dienone is 3. The number of amides is 1. The summed E-state index contributed by atoms with van der Waals surface area (Å²) in [5.41, 5.74) is 8.74. The van der Waals surface area contributed by atoms with Gasteiger partial charge < -0.3 is 4.90 Å². The van der Waals surface area contributed by atoms with Crippen molar-refractivity contribution < 1.29 is 4.79 Å². The first-order valence-electron chi connectivity index (χ1n) is 8.18. The molecule has 1 aromatic heterocycles. The van der Waals surface area contributed by atoms with E-state index in [2.05, 4.69) is 46.7 Å². The monoisotopic (exact) mass is 312 g/mol. The van der Waals surface area contributed by atoms with Crippen molar-refractivity contribution in [2.24, 2.45) is 5.41 Å². The van der Waals surface area contributed by atoms with Gasteiger partial charge in [0.05, 0.1) is 11.3 Å². The summed E-state index contributed by atoms with van der Waals surface area (Å²) in [6, 6.07) is 3.50. The molecule has 1 amide bonds. The number of hydrazine groups is 1. The first kappa shape index (κ1) is 15.6. The number of carbonyl (C=O) groups excluding carboxylic acids is 1. The van der Waals surface area contributed by atoms with Crippen LogP contribution in [0.3, 0.4) is 0 Å². The maximum atomic E-state index is 12.1. The number of rotatable bonds is 4. The van der Waals surface area contributed by atoms with Crippen molar-refractivity contribution >= 4 is 5.91 Å². The Balaban J connectivity index is 1.68. The zero-order valence-corrected chi connectivity index (χ0v) is 13.8. The predicted octanol–water partition coefficient (Wildman–Crippen LogP) is 2.61. The first-order chi connectivity index (χ1) is 11.0. The molecule has 23 heavy (non-hydrogen) atoms. The normalized spacial score (nSPS) is 19.8. The summed E-state index contributed by atoms with van der Waals surface area (Å²) in [7, 11) is 0. The lowest BCUT2D eigenvalue weighted by Gasteiger charge is -2.33. The van der Waals surface area contributed by atoms with Gasteiger partial charge in [-0.2, -0.15) is 0 Å². The van der Waals surface area contributed by atoms with Crippen LogP contribution < -0.4 is 10.9 Å². The Bertz CT molecular complexity index is 628. The van der Waals surface area contributed by atoms with Crippen molar-refractivity contribution in [1.29, 1.82) is 0 Å². The number of carbonyl (C=O) groups is 1. The second kappa shape index (κ2) is 6.44.